The summed E-state index contributed by atoms with van der Waals surface area (Å²) in [5.41, 5.74) is 0.399. The van der Waals surface area contributed by atoms with E-state index >= 15 is 0 Å². The Hall–Kier alpha value is -0.340. The van der Waals surface area contributed by atoms with Crippen LogP contribution in [0, 0.1) is 5.92 Å². The van der Waals surface area contributed by atoms with Gasteiger partial charge in [-0.2, -0.15) is 12.7 Å². The number of hydrogen-bond donors (Lipinski definition) is 2. The normalized spacial score (nSPS) is 20.4. The van der Waals surface area contributed by atoms with Gasteiger partial charge in [-0.05, 0) is 50.6 Å². The lowest BCUT2D eigenvalue weighted by Gasteiger charge is -2.32. The second-order valence-electron chi connectivity index (χ2n) is 5.16. The third-order valence-electron chi connectivity index (χ3n) is 3.48. The van der Waals surface area contributed by atoms with E-state index in [1.54, 1.807) is 18.2 Å². The Bertz CT molecular complexity index is 595. The van der Waals surface area contributed by atoms with Gasteiger partial charge in [-0.1, -0.05) is 27.5 Å². The number of benzene rings is 1. The Balaban J connectivity index is 2.10. The molecule has 0 aliphatic carbocycles. The lowest BCUT2D eigenvalue weighted by Crippen LogP contribution is -2.44. The summed E-state index contributed by atoms with van der Waals surface area (Å²) in [6.45, 7) is 1.90. The lowest BCUT2D eigenvalue weighted by atomic mass is 10.00. The van der Waals surface area contributed by atoms with Crippen molar-refractivity contribution in [1.29, 1.82) is 0 Å². The monoisotopic (exact) mass is 395 g/mol. The van der Waals surface area contributed by atoms with Crippen LogP contribution in [-0.2, 0) is 10.2 Å². The summed E-state index contributed by atoms with van der Waals surface area (Å²) in [5, 5.41) is 3.48. The molecule has 0 saturated carbocycles. The van der Waals surface area contributed by atoms with Crippen LogP contribution in [0.5, 0.6) is 0 Å². The lowest BCUT2D eigenvalue weighted by molar-refractivity contribution is 0.264. The summed E-state index contributed by atoms with van der Waals surface area (Å²) in [4.78, 5) is 0. The number of halogens is 2. The molecule has 0 radical (unpaired) electrons. The molecule has 1 unspecified atom stereocenters. The van der Waals surface area contributed by atoms with E-state index in [4.69, 9.17) is 11.6 Å². The molecular formula is C13H19BrClN3O2S. The first-order chi connectivity index (χ1) is 9.92. The Kier molecular flexibility index (Phi) is 5.90. The van der Waals surface area contributed by atoms with Crippen molar-refractivity contribution < 1.29 is 8.42 Å². The largest absolute Gasteiger partial charge is 0.319 e. The zero-order valence-electron chi connectivity index (χ0n) is 11.8. The van der Waals surface area contributed by atoms with Crippen LogP contribution < -0.4 is 10.0 Å². The van der Waals surface area contributed by atoms with Crippen molar-refractivity contribution in [1.82, 2.24) is 9.62 Å². The SMILES string of the molecule is CNCC1CCCN(S(=O)(=O)Nc2ccc(Br)cc2Cl)C1. The van der Waals surface area contributed by atoms with Gasteiger partial charge >= 0.3 is 10.2 Å². The van der Waals surface area contributed by atoms with Gasteiger partial charge in [0.1, 0.15) is 0 Å². The highest BCUT2D eigenvalue weighted by molar-refractivity contribution is 9.10. The summed E-state index contributed by atoms with van der Waals surface area (Å²) in [7, 11) is -1.68. The molecule has 1 saturated heterocycles. The van der Waals surface area contributed by atoms with Gasteiger partial charge in [-0.3, -0.25) is 4.72 Å². The summed E-state index contributed by atoms with van der Waals surface area (Å²) >= 11 is 9.37. The van der Waals surface area contributed by atoms with Gasteiger partial charge < -0.3 is 5.32 Å². The molecule has 118 valence electrons. The maximum Gasteiger partial charge on any atom is 0.301 e. The molecule has 1 atom stereocenters. The van der Waals surface area contributed by atoms with Gasteiger partial charge in [0.2, 0.25) is 0 Å². The minimum absolute atomic E-state index is 0.348. The first-order valence-electron chi connectivity index (χ1n) is 6.80. The summed E-state index contributed by atoms with van der Waals surface area (Å²) in [6.07, 6.45) is 1.92. The molecule has 1 heterocycles. The number of nitrogens with one attached hydrogen (secondary N) is 2. The highest BCUT2D eigenvalue weighted by atomic mass is 79.9. The number of piperidine rings is 1. The average Bonchev–Trinajstić information content (AvgIpc) is 2.43. The number of hydrogen-bond acceptors (Lipinski definition) is 3. The van der Waals surface area contributed by atoms with Crippen LogP contribution in [-0.4, -0.2) is 39.4 Å². The number of nitrogens with zero attached hydrogens (tertiary/aromatic N) is 1. The molecule has 8 heteroatoms. The van der Waals surface area contributed by atoms with Crippen LogP contribution in [0.1, 0.15) is 12.8 Å². The van der Waals surface area contributed by atoms with E-state index in [-0.39, 0.29) is 0 Å². The summed E-state index contributed by atoms with van der Waals surface area (Å²) in [6, 6.07) is 5.07. The Morgan fingerprint density at radius 3 is 2.90 bits per heavy atom. The maximum absolute atomic E-state index is 12.5. The van der Waals surface area contributed by atoms with Gasteiger partial charge in [-0.15, -0.1) is 0 Å². The molecule has 1 fully saturated rings. The van der Waals surface area contributed by atoms with E-state index < -0.39 is 10.2 Å². The van der Waals surface area contributed by atoms with Gasteiger partial charge in [0.05, 0.1) is 10.7 Å². The molecule has 1 aromatic carbocycles. The molecular weight excluding hydrogens is 378 g/mol. The highest BCUT2D eigenvalue weighted by Crippen LogP contribution is 2.28. The fraction of sp³-hybridized carbons (Fsp3) is 0.538. The molecule has 5 nitrogen and oxygen atoms in total. The second-order valence-corrected chi connectivity index (χ2v) is 8.15. The predicted octanol–water partition coefficient (Wildman–Crippen LogP) is 2.69. The van der Waals surface area contributed by atoms with Crippen molar-refractivity contribution in [3.8, 4) is 0 Å². The van der Waals surface area contributed by atoms with Crippen LogP contribution >= 0.6 is 27.5 Å². The molecule has 1 aliphatic rings. The third-order valence-corrected chi connectivity index (χ3v) is 5.78. The van der Waals surface area contributed by atoms with Crippen LogP contribution in [0.15, 0.2) is 22.7 Å². The van der Waals surface area contributed by atoms with Crippen molar-refractivity contribution in [2.24, 2.45) is 5.92 Å². The highest BCUT2D eigenvalue weighted by Gasteiger charge is 2.28. The van der Waals surface area contributed by atoms with Crippen molar-refractivity contribution in [2.45, 2.75) is 12.8 Å². The minimum atomic E-state index is -3.57. The van der Waals surface area contributed by atoms with Gasteiger partial charge in [-0.25, -0.2) is 0 Å². The average molecular weight is 397 g/mol. The second kappa shape index (κ2) is 7.28. The number of rotatable bonds is 5. The maximum atomic E-state index is 12.5. The van der Waals surface area contributed by atoms with Crippen LogP contribution in [0.3, 0.4) is 0 Å². The predicted molar refractivity (Wildman–Crippen MR) is 89.9 cm³/mol. The van der Waals surface area contributed by atoms with Crippen molar-refractivity contribution >= 4 is 43.4 Å². The molecule has 0 amide bonds. The zero-order chi connectivity index (χ0) is 15.5. The summed E-state index contributed by atoms with van der Waals surface area (Å²) < 4.78 is 29.8. The standard InChI is InChI=1S/C13H19BrClN3O2S/c1-16-8-10-3-2-6-18(9-10)21(19,20)17-13-5-4-11(14)7-12(13)15/h4-5,7,10,16-17H,2-3,6,8-9H2,1H3. The molecule has 0 spiro atoms. The van der Waals surface area contributed by atoms with E-state index in [9.17, 15) is 8.42 Å². The minimum Gasteiger partial charge on any atom is -0.319 e. The van der Waals surface area contributed by atoms with Crippen LogP contribution in [0.2, 0.25) is 5.02 Å². The van der Waals surface area contributed by atoms with Crippen LogP contribution in [0.4, 0.5) is 5.69 Å². The summed E-state index contributed by atoms with van der Waals surface area (Å²) in [5.74, 6) is 0.348. The van der Waals surface area contributed by atoms with E-state index in [1.165, 1.54) is 4.31 Å². The quantitative estimate of drug-likeness (QED) is 0.804. The van der Waals surface area contributed by atoms with Crippen molar-refractivity contribution in [3.63, 3.8) is 0 Å². The van der Waals surface area contributed by atoms with E-state index in [2.05, 4.69) is 26.0 Å². The van der Waals surface area contributed by atoms with Gasteiger partial charge in [0, 0.05) is 17.6 Å². The van der Waals surface area contributed by atoms with Crippen molar-refractivity contribution in [3.05, 3.63) is 27.7 Å². The molecule has 1 aliphatic heterocycles. The fourth-order valence-corrected chi connectivity index (χ4v) is 4.61. The Morgan fingerprint density at radius 1 is 1.48 bits per heavy atom. The molecule has 21 heavy (non-hydrogen) atoms. The first-order valence-corrected chi connectivity index (χ1v) is 9.41. The Labute approximate surface area is 139 Å². The third kappa shape index (κ3) is 4.56. The smallest absolute Gasteiger partial charge is 0.301 e. The number of anilines is 1. The first kappa shape index (κ1) is 17.0. The zero-order valence-corrected chi connectivity index (χ0v) is 14.9. The Morgan fingerprint density at radius 2 is 2.24 bits per heavy atom. The topological polar surface area (TPSA) is 61.4 Å². The van der Waals surface area contributed by atoms with E-state index in [0.29, 0.717) is 29.7 Å². The molecule has 0 bridgehead atoms. The van der Waals surface area contributed by atoms with E-state index in [0.717, 1.165) is 23.9 Å². The molecule has 1 aromatic rings. The van der Waals surface area contributed by atoms with Gasteiger partial charge in [0.15, 0.2) is 0 Å². The molecule has 0 aromatic heterocycles. The fourth-order valence-electron chi connectivity index (χ4n) is 2.48. The molecule has 2 rings (SSSR count). The van der Waals surface area contributed by atoms with Crippen molar-refractivity contribution in [2.75, 3.05) is 31.4 Å². The van der Waals surface area contributed by atoms with E-state index in [1.807, 2.05) is 7.05 Å². The van der Waals surface area contributed by atoms with Crippen LogP contribution in [0.25, 0.3) is 0 Å². The molecule has 2 N–H and O–H groups in total. The van der Waals surface area contributed by atoms with Gasteiger partial charge in [0.25, 0.3) is 0 Å².